The minimum atomic E-state index is -4.67. The van der Waals surface area contributed by atoms with E-state index < -0.39 is 55.6 Å². The number of carbonyl (C=O) groups is 1. The van der Waals surface area contributed by atoms with Gasteiger partial charge in [-0.2, -0.15) is 13.2 Å². The number of sulfonamides is 1. The number of nitrogens with zero attached hydrogens (tertiary/aromatic N) is 2. The molecule has 0 saturated carbocycles. The SMILES string of the molecule is O=C(NCCCl)Nc1cc(S(=O)(=O)Nc2c(F)cc(Cl)cc2F)cc2c1N(c1ccc(-n3ccc(C(F)(F)F)cc3=O)cc1)CC2. The first-order valence-electron chi connectivity index (χ1n) is 13.3. The molecule has 2 heterocycles. The largest absolute Gasteiger partial charge is 0.416 e. The minimum Gasteiger partial charge on any atom is -0.339 e. The molecule has 0 atom stereocenters. The van der Waals surface area contributed by atoms with Crippen molar-refractivity contribution in [2.24, 2.45) is 0 Å². The van der Waals surface area contributed by atoms with Crippen LogP contribution in [0.1, 0.15) is 11.1 Å². The van der Waals surface area contributed by atoms with Gasteiger partial charge in [-0.25, -0.2) is 22.0 Å². The quantitative estimate of drug-likeness (QED) is 0.141. The Morgan fingerprint density at radius 2 is 1.61 bits per heavy atom. The van der Waals surface area contributed by atoms with Crippen LogP contribution < -0.4 is 25.8 Å². The third-order valence-corrected chi connectivity index (χ3v) is 8.64. The zero-order valence-electron chi connectivity index (χ0n) is 23.3. The molecule has 1 aliphatic rings. The number of carbonyl (C=O) groups excluding carboxylic acids is 1. The van der Waals surface area contributed by atoms with E-state index in [4.69, 9.17) is 23.2 Å². The molecule has 242 valence electrons. The summed E-state index contributed by atoms with van der Waals surface area (Å²) in [6, 6.07) is 10.7. The van der Waals surface area contributed by atoms with Gasteiger partial charge in [-0.3, -0.25) is 14.1 Å². The molecule has 46 heavy (non-hydrogen) atoms. The van der Waals surface area contributed by atoms with Crippen molar-refractivity contribution in [3.63, 3.8) is 0 Å². The Morgan fingerprint density at radius 1 is 0.957 bits per heavy atom. The highest BCUT2D eigenvalue weighted by Crippen LogP contribution is 2.42. The number of alkyl halides is 4. The van der Waals surface area contributed by atoms with Gasteiger partial charge in [0.25, 0.3) is 15.6 Å². The van der Waals surface area contributed by atoms with Crippen LogP contribution in [-0.4, -0.2) is 38.0 Å². The Hall–Kier alpha value is -4.34. The topological polar surface area (TPSA) is 113 Å². The molecule has 2 amide bonds. The molecule has 17 heteroatoms. The van der Waals surface area contributed by atoms with E-state index in [9.17, 15) is 40.0 Å². The fraction of sp³-hybridized carbons (Fsp3) is 0.172. The summed E-state index contributed by atoms with van der Waals surface area (Å²) in [5.74, 6) is -2.37. The van der Waals surface area contributed by atoms with Crippen molar-refractivity contribution in [1.29, 1.82) is 0 Å². The van der Waals surface area contributed by atoms with Gasteiger partial charge >= 0.3 is 12.2 Å². The summed E-state index contributed by atoms with van der Waals surface area (Å²) in [6.07, 6.45) is -3.36. The maximum absolute atomic E-state index is 14.4. The first kappa shape index (κ1) is 33.0. The van der Waals surface area contributed by atoms with Crippen LogP contribution in [0.2, 0.25) is 5.02 Å². The monoisotopic (exact) mass is 701 g/mol. The number of halogens is 7. The number of anilines is 4. The standard InChI is InChI=1S/C29H22Cl2F5N5O4S/c30-7-8-37-28(43)38-24-15-21(46(44,45)39-26-22(32)13-18(31)14-23(26)33)11-16-5-9-41(27(16)24)20-3-1-19(2-4-20)40-10-6-17(12-25(40)42)29(34,35)36/h1-4,6,10-15,39H,5,7-9H2,(H2,37,38,43). The molecule has 1 aliphatic heterocycles. The van der Waals surface area contributed by atoms with Crippen LogP contribution in [0.4, 0.5) is 49.5 Å². The number of benzene rings is 3. The van der Waals surface area contributed by atoms with Crippen LogP contribution in [0, 0.1) is 11.6 Å². The molecule has 3 N–H and O–H groups in total. The molecule has 9 nitrogen and oxygen atoms in total. The first-order valence-corrected chi connectivity index (χ1v) is 15.7. The number of hydrogen-bond acceptors (Lipinski definition) is 5. The predicted octanol–water partition coefficient (Wildman–Crippen LogP) is 6.64. The number of hydrogen-bond donors (Lipinski definition) is 3. The summed E-state index contributed by atoms with van der Waals surface area (Å²) < 4.78 is 97.3. The Labute approximate surface area is 268 Å². The van der Waals surface area contributed by atoms with Gasteiger partial charge in [-0.05, 0) is 66.6 Å². The average Bonchev–Trinajstić information content (AvgIpc) is 3.42. The van der Waals surface area contributed by atoms with Crippen LogP contribution in [0.5, 0.6) is 0 Å². The lowest BCUT2D eigenvalue weighted by molar-refractivity contribution is -0.137. The molecule has 1 aromatic heterocycles. The summed E-state index contributed by atoms with van der Waals surface area (Å²) in [5.41, 5.74) is -1.13. The molecule has 0 saturated heterocycles. The third kappa shape index (κ3) is 6.90. The maximum atomic E-state index is 14.4. The number of pyridine rings is 1. The third-order valence-electron chi connectivity index (χ3n) is 6.91. The van der Waals surface area contributed by atoms with Gasteiger partial charge in [0.1, 0.15) is 5.69 Å². The van der Waals surface area contributed by atoms with Crippen molar-refractivity contribution in [2.45, 2.75) is 17.5 Å². The highest BCUT2D eigenvalue weighted by molar-refractivity contribution is 7.92. The maximum Gasteiger partial charge on any atom is 0.416 e. The summed E-state index contributed by atoms with van der Waals surface area (Å²) >= 11 is 11.3. The minimum absolute atomic E-state index is 0.0440. The fourth-order valence-corrected chi connectivity index (χ4v) is 6.29. The second-order valence-corrected chi connectivity index (χ2v) is 12.4. The van der Waals surface area contributed by atoms with Crippen LogP contribution in [0.25, 0.3) is 5.69 Å². The molecule has 3 aromatic carbocycles. The number of nitrogens with one attached hydrogen (secondary N) is 3. The predicted molar refractivity (Wildman–Crippen MR) is 164 cm³/mol. The lowest BCUT2D eigenvalue weighted by Crippen LogP contribution is -2.31. The summed E-state index contributed by atoms with van der Waals surface area (Å²) in [6.45, 7) is 0.406. The Bertz CT molecular complexity index is 1970. The molecule has 0 fully saturated rings. The van der Waals surface area contributed by atoms with Crippen molar-refractivity contribution in [3.8, 4) is 5.69 Å². The summed E-state index contributed by atoms with van der Waals surface area (Å²) in [7, 11) is -4.59. The molecule has 5 rings (SSSR count). The number of urea groups is 1. The lowest BCUT2D eigenvalue weighted by Gasteiger charge is -2.24. The Morgan fingerprint density at radius 3 is 2.22 bits per heavy atom. The average molecular weight is 702 g/mol. The zero-order chi connectivity index (χ0) is 33.4. The van der Waals surface area contributed by atoms with E-state index in [1.807, 2.05) is 4.72 Å². The Balaban J connectivity index is 1.51. The van der Waals surface area contributed by atoms with Crippen molar-refractivity contribution < 1.29 is 35.2 Å². The van der Waals surface area contributed by atoms with E-state index in [0.717, 1.165) is 35.0 Å². The van der Waals surface area contributed by atoms with Gasteiger partial charge in [0, 0.05) is 47.6 Å². The molecule has 0 unspecified atom stereocenters. The lowest BCUT2D eigenvalue weighted by atomic mass is 10.1. The molecule has 0 aliphatic carbocycles. The number of fused-ring (bicyclic) bond motifs is 1. The van der Waals surface area contributed by atoms with Crippen LogP contribution in [0.3, 0.4) is 0 Å². The van der Waals surface area contributed by atoms with Gasteiger partial charge in [0.2, 0.25) is 0 Å². The molecule has 0 bridgehead atoms. The van der Waals surface area contributed by atoms with E-state index >= 15 is 0 Å². The summed E-state index contributed by atoms with van der Waals surface area (Å²) in [4.78, 5) is 26.4. The first-order chi connectivity index (χ1) is 21.7. The molecule has 0 spiro atoms. The van der Waals surface area contributed by atoms with Gasteiger partial charge < -0.3 is 15.5 Å². The van der Waals surface area contributed by atoms with E-state index in [2.05, 4.69) is 10.6 Å². The Kier molecular flexibility index (Phi) is 9.20. The number of aromatic nitrogens is 1. The van der Waals surface area contributed by atoms with Crippen LogP contribution in [0.15, 0.2) is 76.6 Å². The molecule has 4 aromatic rings. The summed E-state index contributed by atoms with van der Waals surface area (Å²) in [5, 5.41) is 4.84. The number of amides is 2. The van der Waals surface area contributed by atoms with Crippen molar-refractivity contribution in [2.75, 3.05) is 33.9 Å². The van der Waals surface area contributed by atoms with E-state index in [0.29, 0.717) is 36.0 Å². The van der Waals surface area contributed by atoms with Gasteiger partial charge in [-0.1, -0.05) is 11.6 Å². The van der Waals surface area contributed by atoms with E-state index in [-0.39, 0.29) is 28.8 Å². The van der Waals surface area contributed by atoms with Crippen LogP contribution >= 0.6 is 23.2 Å². The van der Waals surface area contributed by atoms with Crippen molar-refractivity contribution in [3.05, 3.63) is 105 Å². The fourth-order valence-electron chi connectivity index (χ4n) is 4.85. The van der Waals surface area contributed by atoms with Crippen molar-refractivity contribution >= 4 is 62.0 Å². The van der Waals surface area contributed by atoms with E-state index in [1.54, 1.807) is 17.0 Å². The molecule has 0 radical (unpaired) electrons. The molecular formula is C29H22Cl2F5N5O4S. The zero-order valence-corrected chi connectivity index (χ0v) is 25.6. The smallest absolute Gasteiger partial charge is 0.339 e. The second kappa shape index (κ2) is 12.8. The van der Waals surface area contributed by atoms with Gasteiger partial charge in [0.05, 0.1) is 21.8 Å². The highest BCUT2D eigenvalue weighted by Gasteiger charge is 2.32. The number of rotatable bonds is 8. The normalized spacial score (nSPS) is 13.0. The van der Waals surface area contributed by atoms with Crippen molar-refractivity contribution in [1.82, 2.24) is 9.88 Å². The van der Waals surface area contributed by atoms with Gasteiger partial charge in [0.15, 0.2) is 11.6 Å². The second-order valence-electron chi connectivity index (χ2n) is 9.94. The van der Waals surface area contributed by atoms with E-state index in [1.165, 1.54) is 18.2 Å². The molecular weight excluding hydrogens is 680 g/mol. The van der Waals surface area contributed by atoms with Gasteiger partial charge in [-0.15, -0.1) is 11.6 Å². The highest BCUT2D eigenvalue weighted by atomic mass is 35.5. The van der Waals surface area contributed by atoms with Crippen LogP contribution in [-0.2, 0) is 22.6 Å².